The van der Waals surface area contributed by atoms with Crippen LogP contribution in [-0.4, -0.2) is 55.6 Å². The van der Waals surface area contributed by atoms with Crippen LogP contribution < -0.4 is 10.6 Å². The molecule has 1 aromatic rings. The average molecular weight is 388 g/mol. The van der Waals surface area contributed by atoms with Gasteiger partial charge in [0, 0.05) is 42.8 Å². The van der Waals surface area contributed by atoms with Crippen LogP contribution in [-0.2, 0) is 9.53 Å². The Labute approximate surface area is 168 Å². The summed E-state index contributed by atoms with van der Waals surface area (Å²) in [6.07, 6.45) is 4.12. The molecule has 6 nitrogen and oxygen atoms in total. The first kappa shape index (κ1) is 20.8. The lowest BCUT2D eigenvalue weighted by molar-refractivity contribution is -0.117. The first-order valence-electron chi connectivity index (χ1n) is 10.6. The van der Waals surface area contributed by atoms with Crippen LogP contribution in [0.5, 0.6) is 0 Å². The van der Waals surface area contributed by atoms with Crippen molar-refractivity contribution in [2.45, 2.75) is 45.6 Å². The van der Waals surface area contributed by atoms with E-state index < -0.39 is 0 Å². The highest BCUT2D eigenvalue weighted by Crippen LogP contribution is 2.30. The standard InChI is InChI=1S/C22H33N3O3/c1-3-16(4-2)20(25-10-12-28-13-11-25)15-23-21(26)18-6-5-7-19(14-18)24-22(27)17-8-9-17/h5-7,14,16-17,20H,3-4,8-13,15H2,1-2H3,(H,23,26)(H,24,27). The van der Waals surface area contributed by atoms with Crippen molar-refractivity contribution in [2.24, 2.45) is 11.8 Å². The van der Waals surface area contributed by atoms with Crippen molar-refractivity contribution in [1.29, 1.82) is 0 Å². The van der Waals surface area contributed by atoms with E-state index in [0.29, 0.717) is 29.8 Å². The second-order valence-corrected chi connectivity index (χ2v) is 7.85. The molecule has 1 saturated carbocycles. The van der Waals surface area contributed by atoms with Gasteiger partial charge in [-0.05, 0) is 37.0 Å². The normalized spacial score (nSPS) is 18.7. The van der Waals surface area contributed by atoms with Gasteiger partial charge in [0.2, 0.25) is 5.91 Å². The average Bonchev–Trinajstić information content (AvgIpc) is 3.57. The number of carbonyl (C=O) groups excluding carboxylic acids is 2. The Morgan fingerprint density at radius 3 is 2.54 bits per heavy atom. The van der Waals surface area contributed by atoms with E-state index in [9.17, 15) is 9.59 Å². The number of hydrogen-bond acceptors (Lipinski definition) is 4. The minimum absolute atomic E-state index is 0.0543. The molecule has 1 saturated heterocycles. The topological polar surface area (TPSA) is 70.7 Å². The molecule has 0 aromatic heterocycles. The molecule has 154 valence electrons. The summed E-state index contributed by atoms with van der Waals surface area (Å²) in [5.41, 5.74) is 1.27. The van der Waals surface area contributed by atoms with E-state index in [0.717, 1.165) is 52.0 Å². The molecule has 1 heterocycles. The van der Waals surface area contributed by atoms with Crippen LogP contribution >= 0.6 is 0 Å². The Hall–Kier alpha value is -1.92. The molecule has 2 amide bonds. The van der Waals surface area contributed by atoms with Crippen molar-refractivity contribution in [3.05, 3.63) is 29.8 Å². The van der Waals surface area contributed by atoms with E-state index in [1.165, 1.54) is 0 Å². The Morgan fingerprint density at radius 2 is 1.89 bits per heavy atom. The van der Waals surface area contributed by atoms with Gasteiger partial charge in [-0.1, -0.05) is 32.8 Å². The molecule has 0 spiro atoms. The third kappa shape index (κ3) is 5.55. The highest BCUT2D eigenvalue weighted by Gasteiger charge is 2.30. The van der Waals surface area contributed by atoms with Crippen LogP contribution in [0.25, 0.3) is 0 Å². The molecule has 2 aliphatic rings. The summed E-state index contributed by atoms with van der Waals surface area (Å²) in [7, 11) is 0. The molecule has 28 heavy (non-hydrogen) atoms. The molecule has 1 aliphatic carbocycles. The summed E-state index contributed by atoms with van der Waals surface area (Å²) in [6, 6.07) is 7.52. The zero-order valence-electron chi connectivity index (χ0n) is 17.1. The molecule has 2 fully saturated rings. The van der Waals surface area contributed by atoms with Crippen molar-refractivity contribution in [3.63, 3.8) is 0 Å². The van der Waals surface area contributed by atoms with Crippen molar-refractivity contribution in [3.8, 4) is 0 Å². The number of nitrogens with one attached hydrogen (secondary N) is 2. The van der Waals surface area contributed by atoms with Gasteiger partial charge in [0.25, 0.3) is 5.91 Å². The van der Waals surface area contributed by atoms with Gasteiger partial charge in [-0.3, -0.25) is 14.5 Å². The van der Waals surface area contributed by atoms with Crippen LogP contribution in [0.2, 0.25) is 0 Å². The molecule has 0 bridgehead atoms. The Kier molecular flexibility index (Phi) is 7.45. The minimum atomic E-state index is -0.0910. The van der Waals surface area contributed by atoms with Gasteiger partial charge in [-0.2, -0.15) is 0 Å². The van der Waals surface area contributed by atoms with Gasteiger partial charge < -0.3 is 15.4 Å². The maximum Gasteiger partial charge on any atom is 0.251 e. The number of amides is 2. The van der Waals surface area contributed by atoms with Crippen molar-refractivity contribution in [2.75, 3.05) is 38.2 Å². The van der Waals surface area contributed by atoms with Crippen LogP contribution in [0, 0.1) is 11.8 Å². The van der Waals surface area contributed by atoms with E-state index in [1.54, 1.807) is 12.1 Å². The Bertz CT molecular complexity index is 665. The molecule has 1 atom stereocenters. The highest BCUT2D eigenvalue weighted by molar-refractivity contribution is 5.98. The van der Waals surface area contributed by atoms with Gasteiger partial charge in [0.15, 0.2) is 0 Å². The van der Waals surface area contributed by atoms with Gasteiger partial charge in [0.05, 0.1) is 13.2 Å². The minimum Gasteiger partial charge on any atom is -0.379 e. The van der Waals surface area contributed by atoms with Crippen LogP contribution in [0.3, 0.4) is 0 Å². The van der Waals surface area contributed by atoms with E-state index >= 15 is 0 Å². The largest absolute Gasteiger partial charge is 0.379 e. The van der Waals surface area contributed by atoms with E-state index in [2.05, 4.69) is 29.4 Å². The summed E-state index contributed by atoms with van der Waals surface area (Å²) in [5.74, 6) is 0.653. The fraction of sp³-hybridized carbons (Fsp3) is 0.636. The zero-order chi connectivity index (χ0) is 19.9. The maximum absolute atomic E-state index is 12.7. The number of carbonyl (C=O) groups is 2. The van der Waals surface area contributed by atoms with E-state index in [4.69, 9.17) is 4.74 Å². The lowest BCUT2D eigenvalue weighted by atomic mass is 9.92. The van der Waals surface area contributed by atoms with Crippen molar-refractivity contribution in [1.82, 2.24) is 10.2 Å². The molecule has 2 N–H and O–H groups in total. The van der Waals surface area contributed by atoms with Crippen LogP contribution in [0.15, 0.2) is 24.3 Å². The van der Waals surface area contributed by atoms with Gasteiger partial charge in [0.1, 0.15) is 0 Å². The third-order valence-electron chi connectivity index (χ3n) is 5.92. The lowest BCUT2D eigenvalue weighted by Gasteiger charge is -2.38. The van der Waals surface area contributed by atoms with Crippen molar-refractivity contribution < 1.29 is 14.3 Å². The second-order valence-electron chi connectivity index (χ2n) is 7.85. The molecule has 3 rings (SSSR count). The number of anilines is 1. The summed E-state index contributed by atoms with van der Waals surface area (Å²) in [4.78, 5) is 27.2. The first-order chi connectivity index (χ1) is 13.6. The smallest absolute Gasteiger partial charge is 0.251 e. The predicted octanol–water partition coefficient (Wildman–Crippen LogP) is 2.90. The number of rotatable bonds is 9. The molecule has 0 radical (unpaired) electrons. The maximum atomic E-state index is 12.7. The number of ether oxygens (including phenoxy) is 1. The molecule has 6 heteroatoms. The van der Waals surface area contributed by atoms with Crippen LogP contribution in [0.1, 0.15) is 49.9 Å². The number of nitrogens with zero attached hydrogens (tertiary/aromatic N) is 1. The highest BCUT2D eigenvalue weighted by atomic mass is 16.5. The third-order valence-corrected chi connectivity index (χ3v) is 5.92. The Morgan fingerprint density at radius 1 is 1.18 bits per heavy atom. The predicted molar refractivity (Wildman–Crippen MR) is 110 cm³/mol. The van der Waals surface area contributed by atoms with Crippen molar-refractivity contribution >= 4 is 17.5 Å². The molecular formula is C22H33N3O3. The summed E-state index contributed by atoms with van der Waals surface area (Å²) in [6.45, 7) is 8.41. The van der Waals surface area contributed by atoms with E-state index in [-0.39, 0.29) is 17.7 Å². The molecular weight excluding hydrogens is 354 g/mol. The Balaban J connectivity index is 1.60. The summed E-state index contributed by atoms with van der Waals surface area (Å²) < 4.78 is 5.49. The lowest BCUT2D eigenvalue weighted by Crippen LogP contribution is -2.52. The summed E-state index contributed by atoms with van der Waals surface area (Å²) in [5, 5.41) is 6.04. The fourth-order valence-electron chi connectivity index (χ4n) is 3.96. The number of hydrogen-bond donors (Lipinski definition) is 2. The zero-order valence-corrected chi connectivity index (χ0v) is 17.1. The number of morpholine rings is 1. The monoisotopic (exact) mass is 387 g/mol. The first-order valence-corrected chi connectivity index (χ1v) is 10.6. The van der Waals surface area contributed by atoms with Gasteiger partial charge >= 0.3 is 0 Å². The molecule has 1 aromatic carbocycles. The van der Waals surface area contributed by atoms with E-state index in [1.807, 2.05) is 12.1 Å². The fourth-order valence-corrected chi connectivity index (χ4v) is 3.96. The van der Waals surface area contributed by atoms with Gasteiger partial charge in [-0.25, -0.2) is 0 Å². The summed E-state index contributed by atoms with van der Waals surface area (Å²) >= 11 is 0. The molecule has 1 aliphatic heterocycles. The molecule has 1 unspecified atom stereocenters. The van der Waals surface area contributed by atoms with Crippen LogP contribution in [0.4, 0.5) is 5.69 Å². The quantitative estimate of drug-likeness (QED) is 0.684. The van der Waals surface area contributed by atoms with Gasteiger partial charge in [-0.15, -0.1) is 0 Å². The SMILES string of the molecule is CCC(CC)C(CNC(=O)c1cccc(NC(=O)C2CC2)c1)N1CCOCC1. The number of benzene rings is 1. The second kappa shape index (κ2) is 10.0.